The molecule has 1 amide bonds. The number of ether oxygens (including phenoxy) is 2. The molecule has 0 saturated heterocycles. The number of rotatable bonds is 7. The van der Waals surface area contributed by atoms with Crippen molar-refractivity contribution in [2.75, 3.05) is 18.2 Å². The third kappa shape index (κ3) is 4.98. The van der Waals surface area contributed by atoms with E-state index in [2.05, 4.69) is 15.0 Å². The molecule has 0 atom stereocenters. The summed E-state index contributed by atoms with van der Waals surface area (Å²) < 4.78 is 58.6. The van der Waals surface area contributed by atoms with Crippen LogP contribution in [0.3, 0.4) is 0 Å². The van der Waals surface area contributed by atoms with Gasteiger partial charge in [0, 0.05) is 11.8 Å². The third-order valence-electron chi connectivity index (χ3n) is 3.73. The van der Waals surface area contributed by atoms with Gasteiger partial charge in [-0.25, -0.2) is 13.4 Å². The molecule has 0 radical (unpaired) electrons. The molecule has 1 aromatic heterocycles. The van der Waals surface area contributed by atoms with E-state index in [4.69, 9.17) is 4.74 Å². The minimum Gasteiger partial charge on any atom is -0.490 e. The predicted octanol–water partition coefficient (Wildman–Crippen LogP) is 3.95. The molecule has 0 bridgehead atoms. The van der Waals surface area contributed by atoms with Gasteiger partial charge in [-0.3, -0.25) is 10.1 Å². The van der Waals surface area contributed by atoms with Crippen molar-refractivity contribution in [1.82, 2.24) is 4.98 Å². The molecule has 0 aliphatic rings. The lowest BCUT2D eigenvalue weighted by Crippen LogP contribution is -2.12. The zero-order chi connectivity index (χ0) is 21.2. The Morgan fingerprint density at radius 3 is 2.62 bits per heavy atom. The van der Waals surface area contributed by atoms with Crippen LogP contribution in [0.25, 0.3) is 10.2 Å². The van der Waals surface area contributed by atoms with Crippen LogP contribution in [0.2, 0.25) is 0 Å². The third-order valence-corrected chi connectivity index (χ3v) is 5.77. The van der Waals surface area contributed by atoms with Gasteiger partial charge in [-0.2, -0.15) is 8.78 Å². The molecular formula is C18H16F2N2O5S2. The number of alkyl halides is 2. The van der Waals surface area contributed by atoms with Crippen LogP contribution in [0.1, 0.15) is 17.3 Å². The lowest BCUT2D eigenvalue weighted by Gasteiger charge is -2.12. The van der Waals surface area contributed by atoms with E-state index in [1.165, 1.54) is 30.3 Å². The van der Waals surface area contributed by atoms with Gasteiger partial charge in [-0.1, -0.05) is 11.3 Å². The van der Waals surface area contributed by atoms with E-state index in [9.17, 15) is 22.0 Å². The maximum absolute atomic E-state index is 12.5. The highest BCUT2D eigenvalue weighted by molar-refractivity contribution is 7.90. The van der Waals surface area contributed by atoms with Gasteiger partial charge in [0.25, 0.3) is 5.91 Å². The molecule has 0 fully saturated rings. The van der Waals surface area contributed by atoms with E-state index in [0.717, 1.165) is 17.6 Å². The number of aromatic nitrogens is 1. The van der Waals surface area contributed by atoms with E-state index in [1.54, 1.807) is 13.0 Å². The highest BCUT2D eigenvalue weighted by Gasteiger charge is 2.16. The minimum atomic E-state index is -3.36. The summed E-state index contributed by atoms with van der Waals surface area (Å²) in [6.07, 6.45) is 1.11. The molecule has 7 nitrogen and oxygen atoms in total. The van der Waals surface area contributed by atoms with Gasteiger partial charge >= 0.3 is 6.61 Å². The number of fused-ring (bicyclic) bond motifs is 1. The number of hydrogen-bond acceptors (Lipinski definition) is 7. The van der Waals surface area contributed by atoms with Crippen molar-refractivity contribution in [3.05, 3.63) is 42.0 Å². The Bertz CT molecular complexity index is 1160. The van der Waals surface area contributed by atoms with E-state index >= 15 is 0 Å². The summed E-state index contributed by atoms with van der Waals surface area (Å²) in [6, 6.07) is 8.33. The van der Waals surface area contributed by atoms with Gasteiger partial charge in [0.05, 0.1) is 21.7 Å². The standard InChI is InChI=1S/C18H16F2N2O5S2/c1-3-26-14-8-10(4-7-13(14)27-17(19)20)16(23)22-18-21-12-6-5-11(29(2,24)25)9-15(12)28-18/h4-9,17H,3H2,1-2H3,(H,21,22,23). The number of nitrogens with one attached hydrogen (secondary N) is 1. The molecule has 0 aliphatic carbocycles. The van der Waals surface area contributed by atoms with Crippen LogP contribution in [0.4, 0.5) is 13.9 Å². The number of hydrogen-bond donors (Lipinski definition) is 1. The van der Waals surface area contributed by atoms with Crippen LogP contribution in [0, 0.1) is 0 Å². The molecule has 29 heavy (non-hydrogen) atoms. The molecule has 3 rings (SSSR count). The molecule has 0 aliphatic heterocycles. The van der Waals surface area contributed by atoms with Gasteiger partial charge in [0.2, 0.25) is 0 Å². The fourth-order valence-corrected chi connectivity index (χ4v) is 4.09. The largest absolute Gasteiger partial charge is 0.490 e. The van der Waals surface area contributed by atoms with Crippen molar-refractivity contribution in [3.63, 3.8) is 0 Å². The molecule has 1 heterocycles. The average molecular weight is 442 g/mol. The number of carbonyl (C=O) groups is 1. The summed E-state index contributed by atoms with van der Waals surface area (Å²) >= 11 is 1.11. The van der Waals surface area contributed by atoms with Crippen LogP contribution in [-0.4, -0.2) is 38.8 Å². The molecule has 2 aromatic carbocycles. The predicted molar refractivity (Wildman–Crippen MR) is 105 cm³/mol. The van der Waals surface area contributed by atoms with Crippen molar-refractivity contribution in [2.45, 2.75) is 18.4 Å². The summed E-state index contributed by atoms with van der Waals surface area (Å²) in [5.74, 6) is -0.689. The summed E-state index contributed by atoms with van der Waals surface area (Å²) in [6.45, 7) is -1.15. The lowest BCUT2D eigenvalue weighted by molar-refractivity contribution is -0.0514. The van der Waals surface area contributed by atoms with E-state index in [0.29, 0.717) is 10.2 Å². The Morgan fingerprint density at radius 1 is 1.21 bits per heavy atom. The first-order valence-corrected chi connectivity index (χ1v) is 11.0. The number of benzene rings is 2. The first-order chi connectivity index (χ1) is 13.7. The van der Waals surface area contributed by atoms with Crippen LogP contribution >= 0.6 is 11.3 Å². The zero-order valence-electron chi connectivity index (χ0n) is 15.3. The number of nitrogens with zero attached hydrogens (tertiary/aromatic N) is 1. The van der Waals surface area contributed by atoms with Gasteiger partial charge in [0.1, 0.15) is 0 Å². The number of thiazole rings is 1. The van der Waals surface area contributed by atoms with Crippen molar-refractivity contribution in [1.29, 1.82) is 0 Å². The fourth-order valence-electron chi connectivity index (χ4n) is 2.47. The van der Waals surface area contributed by atoms with Crippen molar-refractivity contribution < 1.29 is 31.5 Å². The summed E-state index contributed by atoms with van der Waals surface area (Å²) in [5.41, 5.74) is 0.694. The van der Waals surface area contributed by atoms with E-state index < -0.39 is 22.4 Å². The second-order valence-corrected chi connectivity index (χ2v) is 8.89. The normalized spacial score (nSPS) is 11.6. The summed E-state index contributed by atoms with van der Waals surface area (Å²) in [7, 11) is -3.36. The molecule has 3 aromatic rings. The monoisotopic (exact) mass is 442 g/mol. The lowest BCUT2D eigenvalue weighted by atomic mass is 10.2. The molecule has 0 spiro atoms. The van der Waals surface area contributed by atoms with Crippen LogP contribution in [0.5, 0.6) is 11.5 Å². The maximum atomic E-state index is 12.5. The second-order valence-electron chi connectivity index (χ2n) is 5.85. The van der Waals surface area contributed by atoms with Gasteiger partial charge in [-0.05, 0) is 43.3 Å². The first kappa shape index (κ1) is 20.9. The molecule has 1 N–H and O–H groups in total. The Hall–Kier alpha value is -2.79. The second kappa shape index (κ2) is 8.29. The molecule has 0 unspecified atom stereocenters. The number of amides is 1. The number of sulfone groups is 1. The quantitative estimate of drug-likeness (QED) is 0.595. The minimum absolute atomic E-state index is 0.0162. The molecule has 154 valence electrons. The number of anilines is 1. The van der Waals surface area contributed by atoms with E-state index in [1.807, 2.05) is 0 Å². The zero-order valence-corrected chi connectivity index (χ0v) is 16.9. The van der Waals surface area contributed by atoms with Crippen LogP contribution in [0.15, 0.2) is 41.3 Å². The molecule has 0 saturated carbocycles. The average Bonchev–Trinajstić information content (AvgIpc) is 3.03. The summed E-state index contributed by atoms with van der Waals surface area (Å²) in [5, 5.41) is 2.88. The first-order valence-electron chi connectivity index (χ1n) is 8.31. The maximum Gasteiger partial charge on any atom is 0.387 e. The summed E-state index contributed by atoms with van der Waals surface area (Å²) in [4.78, 5) is 16.9. The fraction of sp³-hybridized carbons (Fsp3) is 0.222. The topological polar surface area (TPSA) is 94.6 Å². The van der Waals surface area contributed by atoms with Crippen LogP contribution in [-0.2, 0) is 9.84 Å². The Balaban J connectivity index is 1.85. The van der Waals surface area contributed by atoms with Gasteiger partial charge in [0.15, 0.2) is 26.5 Å². The Morgan fingerprint density at radius 2 is 1.97 bits per heavy atom. The van der Waals surface area contributed by atoms with Crippen molar-refractivity contribution in [3.8, 4) is 11.5 Å². The van der Waals surface area contributed by atoms with Gasteiger partial charge < -0.3 is 9.47 Å². The van der Waals surface area contributed by atoms with E-state index in [-0.39, 0.29) is 33.7 Å². The van der Waals surface area contributed by atoms with Crippen LogP contribution < -0.4 is 14.8 Å². The van der Waals surface area contributed by atoms with Gasteiger partial charge in [-0.15, -0.1) is 0 Å². The number of halogens is 2. The molecular weight excluding hydrogens is 426 g/mol. The number of carbonyl (C=O) groups excluding carboxylic acids is 1. The van der Waals surface area contributed by atoms with Crippen molar-refractivity contribution in [2.24, 2.45) is 0 Å². The van der Waals surface area contributed by atoms with Crippen molar-refractivity contribution >= 4 is 42.4 Å². The smallest absolute Gasteiger partial charge is 0.387 e. The SMILES string of the molecule is CCOc1cc(C(=O)Nc2nc3ccc(S(C)(=O)=O)cc3s2)ccc1OC(F)F. The Kier molecular flexibility index (Phi) is 5.99. The Labute approximate surface area is 169 Å². The highest BCUT2D eigenvalue weighted by atomic mass is 32.2. The highest BCUT2D eigenvalue weighted by Crippen LogP contribution is 2.31. The molecule has 11 heteroatoms.